The lowest BCUT2D eigenvalue weighted by Crippen LogP contribution is -3.00. The van der Waals surface area contributed by atoms with Crippen LogP contribution in [0, 0.1) is 13.8 Å². The highest BCUT2D eigenvalue weighted by atomic mass is 35.5. The number of phenols is 1. The van der Waals surface area contributed by atoms with Gasteiger partial charge in [0.15, 0.2) is 0 Å². The molecule has 29 heavy (non-hydrogen) atoms. The Balaban J connectivity index is 0.000000369. The first kappa shape index (κ1) is 22.7. The summed E-state index contributed by atoms with van der Waals surface area (Å²) in [5.41, 5.74) is 2.57. The van der Waals surface area contributed by atoms with Crippen LogP contribution in [0.5, 0.6) is 5.75 Å². The highest BCUT2D eigenvalue weighted by molar-refractivity contribution is 7.79. The summed E-state index contributed by atoms with van der Waals surface area (Å²) in [4.78, 5) is 0. The molecule has 0 atom stereocenters. The second kappa shape index (κ2) is 11.4. The van der Waals surface area contributed by atoms with Crippen molar-refractivity contribution in [3.63, 3.8) is 0 Å². The van der Waals surface area contributed by atoms with E-state index in [9.17, 15) is 5.11 Å². The summed E-state index contributed by atoms with van der Waals surface area (Å²) in [5, 5.41) is 13.6. The van der Waals surface area contributed by atoms with Crippen LogP contribution in [0.3, 0.4) is 0 Å². The van der Waals surface area contributed by atoms with Crippen LogP contribution in [0.15, 0.2) is 109 Å². The molecule has 0 aliphatic carbocycles. The van der Waals surface area contributed by atoms with Crippen LogP contribution in [0.4, 0.5) is 0 Å². The minimum Gasteiger partial charge on any atom is -1.00 e. The Hall–Kier alpha value is -2.60. The van der Waals surface area contributed by atoms with Gasteiger partial charge in [0.2, 0.25) is 0 Å². The number of rotatable bonds is 3. The largest absolute Gasteiger partial charge is 1.00 e. The highest BCUT2D eigenvalue weighted by Gasteiger charge is 2.25. The van der Waals surface area contributed by atoms with Crippen molar-refractivity contribution in [2.24, 2.45) is 0 Å². The summed E-state index contributed by atoms with van der Waals surface area (Å²) in [6, 6.07) is 37.2. The normalized spacial score (nSPS) is 9.90. The maximum Gasteiger partial charge on any atom is 0.115 e. The first-order chi connectivity index (χ1) is 13.6. The van der Waals surface area contributed by atoms with Gasteiger partial charge in [-0.15, -0.1) is 0 Å². The average molecular weight is 421 g/mol. The Morgan fingerprint density at radius 3 is 1.31 bits per heavy atom. The van der Waals surface area contributed by atoms with Gasteiger partial charge in [0.05, 0.1) is 7.92 Å². The number of aryl methyl sites for hydroxylation is 2. The molecule has 1 N–H and O–H groups in total. The van der Waals surface area contributed by atoms with E-state index in [1.807, 2.05) is 48.5 Å². The lowest BCUT2D eigenvalue weighted by Gasteiger charge is -2.12. The molecule has 0 bridgehead atoms. The summed E-state index contributed by atoms with van der Waals surface area (Å²) in [5.74, 6) is 0.318. The predicted octanol–water partition coefficient (Wildman–Crippen LogP) is 2.19. The van der Waals surface area contributed by atoms with Crippen molar-refractivity contribution in [1.29, 1.82) is 0 Å². The molecule has 0 heterocycles. The van der Waals surface area contributed by atoms with E-state index in [-0.39, 0.29) is 12.4 Å². The zero-order chi connectivity index (χ0) is 19.8. The molecule has 0 spiro atoms. The van der Waals surface area contributed by atoms with Gasteiger partial charge in [0.25, 0.3) is 0 Å². The first-order valence-electron chi connectivity index (χ1n) is 9.44. The molecule has 148 valence electrons. The molecule has 4 aromatic rings. The first-order valence-corrected chi connectivity index (χ1v) is 10.9. The lowest BCUT2D eigenvalue weighted by atomic mass is 10.2. The molecule has 0 unspecified atom stereocenters. The topological polar surface area (TPSA) is 20.2 Å². The molecule has 0 aromatic heterocycles. The van der Waals surface area contributed by atoms with Crippen molar-refractivity contribution in [2.45, 2.75) is 13.8 Å². The fourth-order valence-electron chi connectivity index (χ4n) is 3.11. The number of hydrogen-bond donors (Lipinski definition) is 1. The molecule has 0 amide bonds. The Morgan fingerprint density at radius 1 is 0.517 bits per heavy atom. The van der Waals surface area contributed by atoms with E-state index < -0.39 is 7.92 Å². The Bertz CT molecular complexity index is 928. The van der Waals surface area contributed by atoms with E-state index in [4.69, 9.17) is 0 Å². The van der Waals surface area contributed by atoms with Crippen molar-refractivity contribution < 1.29 is 17.5 Å². The molecule has 4 aromatic carbocycles. The van der Waals surface area contributed by atoms with Crippen molar-refractivity contribution in [3.05, 3.63) is 120 Å². The SMILES string of the molecule is Cc1cccc([PH+](c2ccc(O)cc2)c2cccc(C)c2)c1.[Cl-].c1ccccc1. The minimum atomic E-state index is -1.05. The van der Waals surface area contributed by atoms with E-state index in [2.05, 4.69) is 62.4 Å². The summed E-state index contributed by atoms with van der Waals surface area (Å²) >= 11 is 0. The highest BCUT2D eigenvalue weighted by Crippen LogP contribution is 2.33. The van der Waals surface area contributed by atoms with Gasteiger partial charge in [-0.25, -0.2) is 0 Å². The second-order valence-corrected chi connectivity index (χ2v) is 9.30. The number of phenolic OH excluding ortho intramolecular Hbond substituents is 1. The fourth-order valence-corrected chi connectivity index (χ4v) is 5.88. The summed E-state index contributed by atoms with van der Waals surface area (Å²) < 4.78 is 0. The van der Waals surface area contributed by atoms with Gasteiger partial charge in [-0.3, -0.25) is 0 Å². The van der Waals surface area contributed by atoms with E-state index in [0.29, 0.717) is 5.75 Å². The molecular formula is C26H26ClOP. The van der Waals surface area contributed by atoms with Gasteiger partial charge in [0, 0.05) is 0 Å². The number of halogens is 1. The van der Waals surface area contributed by atoms with Crippen LogP contribution >= 0.6 is 7.92 Å². The summed E-state index contributed by atoms with van der Waals surface area (Å²) in [6.45, 7) is 4.27. The lowest BCUT2D eigenvalue weighted by molar-refractivity contribution is -0.00000663. The summed E-state index contributed by atoms with van der Waals surface area (Å²) in [6.07, 6.45) is 0. The molecule has 0 saturated heterocycles. The third-order valence-electron chi connectivity index (χ3n) is 4.44. The minimum absolute atomic E-state index is 0. The van der Waals surface area contributed by atoms with Crippen LogP contribution in [0.1, 0.15) is 11.1 Å². The van der Waals surface area contributed by atoms with Crippen LogP contribution < -0.4 is 28.3 Å². The maximum absolute atomic E-state index is 9.58. The van der Waals surface area contributed by atoms with Gasteiger partial charge in [-0.1, -0.05) is 60.7 Å². The zero-order valence-electron chi connectivity index (χ0n) is 16.7. The van der Waals surface area contributed by atoms with Gasteiger partial charge >= 0.3 is 0 Å². The van der Waals surface area contributed by atoms with Gasteiger partial charge in [-0.2, -0.15) is 0 Å². The fraction of sp³-hybridized carbons (Fsp3) is 0.0769. The molecule has 0 aliphatic heterocycles. The molecule has 0 fully saturated rings. The van der Waals surface area contributed by atoms with Crippen LogP contribution in [0.2, 0.25) is 0 Å². The second-order valence-electron chi connectivity index (χ2n) is 6.82. The molecule has 0 aliphatic rings. The van der Waals surface area contributed by atoms with Crippen LogP contribution in [-0.4, -0.2) is 5.11 Å². The Labute approximate surface area is 181 Å². The third-order valence-corrected chi connectivity index (χ3v) is 7.12. The number of aromatic hydroxyl groups is 1. The average Bonchev–Trinajstić information content (AvgIpc) is 2.72. The van der Waals surface area contributed by atoms with Gasteiger partial charge in [-0.05, 0) is 73.5 Å². The molecular weight excluding hydrogens is 395 g/mol. The third kappa shape index (κ3) is 6.75. The van der Waals surface area contributed by atoms with Crippen molar-refractivity contribution >= 4 is 23.8 Å². The van der Waals surface area contributed by atoms with Gasteiger partial charge in [0.1, 0.15) is 21.7 Å². The van der Waals surface area contributed by atoms with E-state index in [1.54, 1.807) is 12.1 Å². The summed E-state index contributed by atoms with van der Waals surface area (Å²) in [7, 11) is -1.05. The quantitative estimate of drug-likeness (QED) is 0.504. The molecule has 4 rings (SSSR count). The molecule has 0 saturated carbocycles. The maximum atomic E-state index is 9.58. The standard InChI is InChI=1S/C20H19OP.C6H6.ClH/c1-15-5-3-7-19(13-15)22(18-11-9-17(21)10-12-18)20-8-4-6-16(2)14-20;1-2-4-6-5-3-1;/h3-14,21H,1-2H3;1-6H;1H. The van der Waals surface area contributed by atoms with Crippen LogP contribution in [0.25, 0.3) is 0 Å². The monoisotopic (exact) mass is 420 g/mol. The smallest absolute Gasteiger partial charge is 0.115 e. The van der Waals surface area contributed by atoms with E-state index >= 15 is 0 Å². The number of benzene rings is 4. The Morgan fingerprint density at radius 2 is 0.931 bits per heavy atom. The molecule has 1 nitrogen and oxygen atoms in total. The van der Waals surface area contributed by atoms with Gasteiger partial charge < -0.3 is 17.5 Å². The zero-order valence-corrected chi connectivity index (χ0v) is 18.5. The van der Waals surface area contributed by atoms with E-state index in [0.717, 1.165) is 0 Å². The van der Waals surface area contributed by atoms with E-state index in [1.165, 1.54) is 27.0 Å². The predicted molar refractivity (Wildman–Crippen MR) is 124 cm³/mol. The molecule has 0 radical (unpaired) electrons. The Kier molecular flexibility index (Phi) is 8.93. The van der Waals surface area contributed by atoms with Crippen molar-refractivity contribution in [3.8, 4) is 5.75 Å². The van der Waals surface area contributed by atoms with Crippen molar-refractivity contribution in [2.75, 3.05) is 0 Å². The van der Waals surface area contributed by atoms with Crippen LogP contribution in [-0.2, 0) is 0 Å². The number of hydrogen-bond acceptors (Lipinski definition) is 1. The molecule has 3 heteroatoms. The van der Waals surface area contributed by atoms with Crippen molar-refractivity contribution in [1.82, 2.24) is 0 Å².